The Morgan fingerprint density at radius 2 is 2.20 bits per heavy atom. The van der Waals surface area contributed by atoms with Gasteiger partial charge in [-0.2, -0.15) is 0 Å². The van der Waals surface area contributed by atoms with Crippen molar-refractivity contribution >= 4 is 11.6 Å². The molecule has 7 heteroatoms. The minimum Gasteiger partial charge on any atom is -0.487 e. The number of aliphatic hydroxyl groups excluding tert-OH is 1. The van der Waals surface area contributed by atoms with Crippen LogP contribution in [0.1, 0.15) is 24.2 Å². The van der Waals surface area contributed by atoms with Gasteiger partial charge in [0.2, 0.25) is 5.75 Å². The lowest BCUT2D eigenvalue weighted by Crippen LogP contribution is -2.37. The van der Waals surface area contributed by atoms with Gasteiger partial charge < -0.3 is 14.7 Å². The van der Waals surface area contributed by atoms with E-state index < -0.39 is 16.9 Å². The molecule has 0 saturated carbocycles. The third-order valence-electron chi connectivity index (χ3n) is 2.96. The Labute approximate surface area is 116 Å². The highest BCUT2D eigenvalue weighted by molar-refractivity contribution is 5.98. The summed E-state index contributed by atoms with van der Waals surface area (Å²) in [5, 5.41) is 20.1. The number of para-hydroxylation sites is 1. The summed E-state index contributed by atoms with van der Waals surface area (Å²) in [6.45, 7) is 3.38. The molecular weight excluding hydrogens is 264 g/mol. The Kier molecular flexibility index (Phi) is 5.45. The van der Waals surface area contributed by atoms with E-state index in [1.54, 1.807) is 13.8 Å². The highest BCUT2D eigenvalue weighted by Crippen LogP contribution is 2.31. The topological polar surface area (TPSA) is 92.9 Å². The number of benzene rings is 1. The average molecular weight is 282 g/mol. The SMILES string of the molecule is CCOc1c(C(=O)N(C)C(C)CO)cccc1[N+](=O)[O-]. The molecule has 1 aromatic rings. The van der Waals surface area contributed by atoms with Crippen LogP contribution in [0.2, 0.25) is 0 Å². The van der Waals surface area contributed by atoms with Gasteiger partial charge in [-0.1, -0.05) is 6.07 Å². The van der Waals surface area contributed by atoms with Crippen molar-refractivity contribution in [1.82, 2.24) is 4.90 Å². The molecule has 1 rings (SSSR count). The predicted octanol–water partition coefficient (Wildman–Crippen LogP) is 1.45. The van der Waals surface area contributed by atoms with E-state index in [1.807, 2.05) is 0 Å². The standard InChI is InChI=1S/C13H18N2O5/c1-4-20-12-10(6-5-7-11(12)15(18)19)13(17)14(3)9(2)8-16/h5-7,9,16H,4,8H2,1-3H3. The molecule has 0 fully saturated rings. The van der Waals surface area contributed by atoms with Crippen LogP contribution < -0.4 is 4.74 Å². The van der Waals surface area contributed by atoms with Gasteiger partial charge in [-0.25, -0.2) is 0 Å². The second-order valence-corrected chi connectivity index (χ2v) is 4.29. The zero-order chi connectivity index (χ0) is 15.3. The number of aliphatic hydroxyl groups is 1. The maximum absolute atomic E-state index is 12.3. The van der Waals surface area contributed by atoms with Crippen LogP contribution in [-0.2, 0) is 0 Å². The number of carbonyl (C=O) groups excluding carboxylic acids is 1. The van der Waals surface area contributed by atoms with Crippen LogP contribution >= 0.6 is 0 Å². The Balaban J connectivity index is 3.26. The van der Waals surface area contributed by atoms with Crippen molar-refractivity contribution in [1.29, 1.82) is 0 Å². The summed E-state index contributed by atoms with van der Waals surface area (Å²) >= 11 is 0. The van der Waals surface area contributed by atoms with E-state index in [1.165, 1.54) is 30.1 Å². The van der Waals surface area contributed by atoms with Gasteiger partial charge in [0, 0.05) is 13.1 Å². The predicted molar refractivity (Wildman–Crippen MR) is 72.9 cm³/mol. The van der Waals surface area contributed by atoms with Crippen LogP contribution in [0.3, 0.4) is 0 Å². The lowest BCUT2D eigenvalue weighted by Gasteiger charge is -2.24. The van der Waals surface area contributed by atoms with Gasteiger partial charge >= 0.3 is 5.69 Å². The summed E-state index contributed by atoms with van der Waals surface area (Å²) in [5.41, 5.74) is -0.133. The molecule has 1 atom stereocenters. The molecule has 0 heterocycles. The monoisotopic (exact) mass is 282 g/mol. The second kappa shape index (κ2) is 6.85. The molecule has 20 heavy (non-hydrogen) atoms. The lowest BCUT2D eigenvalue weighted by atomic mass is 10.1. The van der Waals surface area contributed by atoms with Crippen molar-refractivity contribution in [3.8, 4) is 5.75 Å². The Morgan fingerprint density at radius 3 is 2.70 bits per heavy atom. The summed E-state index contributed by atoms with van der Waals surface area (Å²) in [4.78, 5) is 24.1. The van der Waals surface area contributed by atoms with Crippen LogP contribution in [-0.4, -0.2) is 47.1 Å². The quantitative estimate of drug-likeness (QED) is 0.629. The van der Waals surface area contributed by atoms with Crippen LogP contribution in [0.4, 0.5) is 5.69 Å². The normalized spacial score (nSPS) is 11.8. The Morgan fingerprint density at radius 1 is 1.55 bits per heavy atom. The van der Waals surface area contributed by atoms with E-state index in [9.17, 15) is 14.9 Å². The number of hydrogen-bond acceptors (Lipinski definition) is 5. The fourth-order valence-corrected chi connectivity index (χ4v) is 1.65. The van der Waals surface area contributed by atoms with Gasteiger partial charge in [-0.15, -0.1) is 0 Å². The summed E-state index contributed by atoms with van der Waals surface area (Å²) in [6.07, 6.45) is 0. The second-order valence-electron chi connectivity index (χ2n) is 4.29. The summed E-state index contributed by atoms with van der Waals surface area (Å²) in [7, 11) is 1.53. The molecule has 1 amide bonds. The average Bonchev–Trinajstić information content (AvgIpc) is 2.45. The van der Waals surface area contributed by atoms with E-state index in [2.05, 4.69) is 0 Å². The van der Waals surface area contributed by atoms with Gasteiger partial charge in [-0.3, -0.25) is 14.9 Å². The molecule has 1 N–H and O–H groups in total. The number of ether oxygens (including phenoxy) is 1. The smallest absolute Gasteiger partial charge is 0.311 e. The van der Waals surface area contributed by atoms with Crippen LogP contribution in [0.15, 0.2) is 18.2 Å². The molecule has 1 unspecified atom stereocenters. The third-order valence-corrected chi connectivity index (χ3v) is 2.96. The zero-order valence-corrected chi connectivity index (χ0v) is 11.7. The minimum absolute atomic E-state index is 0.0398. The van der Waals surface area contributed by atoms with E-state index in [0.717, 1.165) is 0 Å². The molecular formula is C13H18N2O5. The molecule has 0 bridgehead atoms. The largest absolute Gasteiger partial charge is 0.487 e. The maximum Gasteiger partial charge on any atom is 0.311 e. The van der Waals surface area contributed by atoms with Crippen LogP contribution in [0.5, 0.6) is 5.75 Å². The summed E-state index contributed by atoms with van der Waals surface area (Å²) in [5.74, 6) is -0.472. The molecule has 0 aliphatic heterocycles. The van der Waals surface area contributed by atoms with Crippen molar-refractivity contribution in [3.63, 3.8) is 0 Å². The molecule has 0 spiro atoms. The van der Waals surface area contributed by atoms with Gasteiger partial charge in [0.25, 0.3) is 5.91 Å². The first-order chi connectivity index (χ1) is 9.43. The molecule has 110 valence electrons. The maximum atomic E-state index is 12.3. The molecule has 1 aromatic carbocycles. The fourth-order valence-electron chi connectivity index (χ4n) is 1.65. The molecule has 0 aromatic heterocycles. The van der Waals surface area contributed by atoms with Gasteiger partial charge in [-0.05, 0) is 19.9 Å². The highest BCUT2D eigenvalue weighted by atomic mass is 16.6. The lowest BCUT2D eigenvalue weighted by molar-refractivity contribution is -0.385. The first-order valence-electron chi connectivity index (χ1n) is 6.22. The van der Waals surface area contributed by atoms with E-state index in [4.69, 9.17) is 9.84 Å². The van der Waals surface area contributed by atoms with Crippen molar-refractivity contribution in [2.75, 3.05) is 20.3 Å². The molecule has 0 aliphatic carbocycles. The van der Waals surface area contributed by atoms with Gasteiger partial charge in [0.15, 0.2) is 0 Å². The Hall–Kier alpha value is -2.15. The molecule has 0 radical (unpaired) electrons. The Bertz CT molecular complexity index is 504. The number of likely N-dealkylation sites (N-methyl/N-ethyl adjacent to an activating group) is 1. The number of hydrogen-bond donors (Lipinski definition) is 1. The first-order valence-corrected chi connectivity index (χ1v) is 6.22. The van der Waals surface area contributed by atoms with Crippen molar-refractivity contribution < 1.29 is 19.6 Å². The van der Waals surface area contributed by atoms with Crippen LogP contribution in [0.25, 0.3) is 0 Å². The van der Waals surface area contributed by atoms with Crippen molar-refractivity contribution in [2.24, 2.45) is 0 Å². The van der Waals surface area contributed by atoms with Crippen LogP contribution in [0, 0.1) is 10.1 Å². The number of rotatable bonds is 6. The first kappa shape index (κ1) is 15.9. The number of carbonyl (C=O) groups is 1. The van der Waals surface area contributed by atoms with E-state index in [0.29, 0.717) is 0 Å². The zero-order valence-electron chi connectivity index (χ0n) is 11.7. The van der Waals surface area contributed by atoms with Crippen molar-refractivity contribution in [2.45, 2.75) is 19.9 Å². The fraction of sp³-hybridized carbons (Fsp3) is 0.462. The third kappa shape index (κ3) is 3.24. The van der Waals surface area contributed by atoms with Crippen molar-refractivity contribution in [3.05, 3.63) is 33.9 Å². The van der Waals surface area contributed by atoms with Gasteiger partial charge in [0.1, 0.15) is 0 Å². The number of amides is 1. The summed E-state index contributed by atoms with van der Waals surface area (Å²) in [6, 6.07) is 3.81. The number of nitrogens with zero attached hydrogens (tertiary/aromatic N) is 2. The number of nitro groups is 1. The van der Waals surface area contributed by atoms with Gasteiger partial charge in [0.05, 0.1) is 29.7 Å². The number of nitro benzene ring substituents is 1. The molecule has 0 saturated heterocycles. The minimum atomic E-state index is -0.586. The molecule has 7 nitrogen and oxygen atoms in total. The van der Waals surface area contributed by atoms with E-state index >= 15 is 0 Å². The van der Waals surface area contributed by atoms with E-state index in [-0.39, 0.29) is 30.2 Å². The summed E-state index contributed by atoms with van der Waals surface area (Å²) < 4.78 is 5.26. The molecule has 0 aliphatic rings. The highest BCUT2D eigenvalue weighted by Gasteiger charge is 2.26.